The van der Waals surface area contributed by atoms with Gasteiger partial charge in [-0.1, -0.05) is 18.2 Å². The first kappa shape index (κ1) is 10.8. The minimum Gasteiger partial charge on any atom is -0.357 e. The van der Waals surface area contributed by atoms with Crippen LogP contribution in [0.2, 0.25) is 0 Å². The molecule has 3 heteroatoms. The Balaban J connectivity index is 1.87. The van der Waals surface area contributed by atoms with Crippen LogP contribution >= 0.6 is 0 Å². The molecule has 1 aliphatic heterocycles. The molecule has 1 aliphatic rings. The highest BCUT2D eigenvalue weighted by atomic mass is 15.1. The van der Waals surface area contributed by atoms with Crippen molar-refractivity contribution in [1.82, 2.24) is 15.2 Å². The molecule has 0 fully saturated rings. The normalized spacial score (nSPS) is 16.3. The van der Waals surface area contributed by atoms with Crippen molar-refractivity contribution in [3.8, 4) is 0 Å². The fraction of sp³-hybridized carbons (Fsp3) is 0.429. The maximum Gasteiger partial charge on any atom is 0.0459 e. The van der Waals surface area contributed by atoms with Crippen LogP contribution in [0.5, 0.6) is 0 Å². The minimum absolute atomic E-state index is 1.06. The summed E-state index contributed by atoms with van der Waals surface area (Å²) in [5.74, 6) is 0. The fourth-order valence-corrected chi connectivity index (χ4v) is 2.71. The number of hydrogen-bond acceptors (Lipinski definition) is 2. The Morgan fingerprint density at radius 2 is 2.24 bits per heavy atom. The summed E-state index contributed by atoms with van der Waals surface area (Å²) in [7, 11) is 2.01. The second-order valence-corrected chi connectivity index (χ2v) is 4.76. The van der Waals surface area contributed by atoms with Crippen LogP contribution in [0.25, 0.3) is 10.9 Å². The average Bonchev–Trinajstić information content (AvgIpc) is 2.74. The zero-order valence-electron chi connectivity index (χ0n) is 10.3. The Morgan fingerprint density at radius 1 is 1.35 bits per heavy atom. The Labute approximate surface area is 102 Å². The minimum atomic E-state index is 1.06. The van der Waals surface area contributed by atoms with Crippen molar-refractivity contribution in [2.75, 3.05) is 26.7 Å². The molecule has 0 saturated carbocycles. The zero-order valence-corrected chi connectivity index (χ0v) is 10.3. The molecule has 3 nitrogen and oxygen atoms in total. The lowest BCUT2D eigenvalue weighted by molar-refractivity contribution is 0.254. The van der Waals surface area contributed by atoms with Gasteiger partial charge in [-0.25, -0.2) is 0 Å². The van der Waals surface area contributed by atoms with Gasteiger partial charge < -0.3 is 10.3 Å². The van der Waals surface area contributed by atoms with E-state index < -0.39 is 0 Å². The molecule has 3 rings (SSSR count). The number of para-hydroxylation sites is 1. The van der Waals surface area contributed by atoms with Gasteiger partial charge in [-0.05, 0) is 25.1 Å². The van der Waals surface area contributed by atoms with Crippen LogP contribution in [0.4, 0.5) is 0 Å². The summed E-state index contributed by atoms with van der Waals surface area (Å²) < 4.78 is 0. The Hall–Kier alpha value is -1.32. The molecular formula is C14H19N3. The number of rotatable bonds is 3. The molecule has 0 bridgehead atoms. The summed E-state index contributed by atoms with van der Waals surface area (Å²) in [4.78, 5) is 6.07. The van der Waals surface area contributed by atoms with Gasteiger partial charge in [0.05, 0.1) is 0 Å². The molecule has 1 aromatic heterocycles. The molecule has 0 atom stereocenters. The molecule has 2 N–H and O–H groups in total. The first-order chi connectivity index (χ1) is 8.38. The number of fused-ring (bicyclic) bond motifs is 3. The van der Waals surface area contributed by atoms with Crippen molar-refractivity contribution >= 4 is 10.9 Å². The summed E-state index contributed by atoms with van der Waals surface area (Å²) in [6.45, 7) is 4.43. The van der Waals surface area contributed by atoms with Crippen molar-refractivity contribution in [3.63, 3.8) is 0 Å². The highest BCUT2D eigenvalue weighted by molar-refractivity contribution is 5.84. The third-order valence-corrected chi connectivity index (χ3v) is 3.64. The van der Waals surface area contributed by atoms with Crippen molar-refractivity contribution in [2.24, 2.45) is 0 Å². The summed E-state index contributed by atoms with van der Waals surface area (Å²) >= 11 is 0. The maximum atomic E-state index is 3.56. The van der Waals surface area contributed by atoms with E-state index in [0.717, 1.165) is 19.6 Å². The fourth-order valence-electron chi connectivity index (χ4n) is 2.71. The van der Waals surface area contributed by atoms with Crippen LogP contribution in [-0.4, -0.2) is 36.6 Å². The molecule has 0 spiro atoms. The van der Waals surface area contributed by atoms with Crippen LogP contribution in [0.3, 0.4) is 0 Å². The highest BCUT2D eigenvalue weighted by Crippen LogP contribution is 2.26. The highest BCUT2D eigenvalue weighted by Gasteiger charge is 2.19. The number of hydrogen-bond donors (Lipinski definition) is 2. The Morgan fingerprint density at radius 3 is 3.12 bits per heavy atom. The quantitative estimate of drug-likeness (QED) is 0.840. The number of benzene rings is 1. The van der Waals surface area contributed by atoms with Gasteiger partial charge in [0, 0.05) is 42.8 Å². The molecule has 0 saturated heterocycles. The van der Waals surface area contributed by atoms with Crippen molar-refractivity contribution in [2.45, 2.75) is 13.0 Å². The molecule has 0 amide bonds. The lowest BCUT2D eigenvalue weighted by Crippen LogP contribution is -2.35. The van der Waals surface area contributed by atoms with Crippen molar-refractivity contribution < 1.29 is 0 Å². The molecule has 2 heterocycles. The Bertz CT molecular complexity index is 515. The molecule has 1 aromatic carbocycles. The Kier molecular flexibility index (Phi) is 2.87. The maximum absolute atomic E-state index is 3.56. The number of aromatic amines is 1. The standard InChI is InChI=1S/C14H19N3/c1-15-7-9-17-8-6-12-11-4-2-3-5-13(11)16-14(12)10-17/h2-5,15-16H,6-10H2,1H3. The van der Waals surface area contributed by atoms with Gasteiger partial charge in [0.15, 0.2) is 0 Å². The van der Waals surface area contributed by atoms with E-state index in [-0.39, 0.29) is 0 Å². The van der Waals surface area contributed by atoms with Gasteiger partial charge in [0.2, 0.25) is 0 Å². The van der Waals surface area contributed by atoms with Crippen molar-refractivity contribution in [3.05, 3.63) is 35.5 Å². The van der Waals surface area contributed by atoms with Crippen LogP contribution in [0, 0.1) is 0 Å². The van der Waals surface area contributed by atoms with Gasteiger partial charge in [-0.2, -0.15) is 0 Å². The molecular weight excluding hydrogens is 210 g/mol. The van der Waals surface area contributed by atoms with E-state index in [0.29, 0.717) is 0 Å². The number of H-pyrrole nitrogens is 1. The molecule has 0 aliphatic carbocycles. The predicted octanol–water partition coefficient (Wildman–Crippen LogP) is 1.75. The number of likely N-dealkylation sites (N-methyl/N-ethyl adjacent to an activating group) is 1. The SMILES string of the molecule is CNCCN1CCc2c([nH]c3ccccc23)C1. The van der Waals surface area contributed by atoms with Crippen LogP contribution in [0.15, 0.2) is 24.3 Å². The monoisotopic (exact) mass is 229 g/mol. The predicted molar refractivity (Wildman–Crippen MR) is 71.2 cm³/mol. The van der Waals surface area contributed by atoms with Crippen molar-refractivity contribution in [1.29, 1.82) is 0 Å². The summed E-state index contributed by atoms with van der Waals surface area (Å²) in [5, 5.41) is 4.63. The van der Waals surface area contributed by atoms with Gasteiger partial charge >= 0.3 is 0 Å². The molecule has 0 radical (unpaired) electrons. The van der Waals surface area contributed by atoms with Gasteiger partial charge in [0.25, 0.3) is 0 Å². The number of nitrogens with zero attached hydrogens (tertiary/aromatic N) is 1. The molecule has 17 heavy (non-hydrogen) atoms. The van der Waals surface area contributed by atoms with Crippen LogP contribution < -0.4 is 5.32 Å². The lowest BCUT2D eigenvalue weighted by atomic mass is 10.0. The largest absolute Gasteiger partial charge is 0.357 e. The van der Waals surface area contributed by atoms with Crippen LogP contribution in [0.1, 0.15) is 11.3 Å². The second-order valence-electron chi connectivity index (χ2n) is 4.76. The molecule has 2 aromatic rings. The smallest absolute Gasteiger partial charge is 0.0459 e. The van der Waals surface area contributed by atoms with E-state index in [1.807, 2.05) is 7.05 Å². The third kappa shape index (κ3) is 1.96. The van der Waals surface area contributed by atoms with E-state index in [1.54, 1.807) is 0 Å². The summed E-state index contributed by atoms with van der Waals surface area (Å²) in [6, 6.07) is 8.63. The summed E-state index contributed by atoms with van der Waals surface area (Å²) in [6.07, 6.45) is 1.17. The number of aromatic nitrogens is 1. The molecule has 90 valence electrons. The topological polar surface area (TPSA) is 31.1 Å². The first-order valence-electron chi connectivity index (χ1n) is 6.34. The second kappa shape index (κ2) is 4.51. The summed E-state index contributed by atoms with van der Waals surface area (Å²) in [5.41, 5.74) is 4.22. The van der Waals surface area contributed by atoms with E-state index in [4.69, 9.17) is 0 Å². The van der Waals surface area contributed by atoms with Gasteiger partial charge in [0.1, 0.15) is 0 Å². The van der Waals surface area contributed by atoms with E-state index in [9.17, 15) is 0 Å². The average molecular weight is 229 g/mol. The molecule has 0 unspecified atom stereocenters. The van der Waals surface area contributed by atoms with E-state index >= 15 is 0 Å². The van der Waals surface area contributed by atoms with Gasteiger partial charge in [-0.3, -0.25) is 4.90 Å². The van der Waals surface area contributed by atoms with Gasteiger partial charge in [-0.15, -0.1) is 0 Å². The zero-order chi connectivity index (χ0) is 11.7. The lowest BCUT2D eigenvalue weighted by Gasteiger charge is -2.26. The van der Waals surface area contributed by atoms with Crippen LogP contribution in [-0.2, 0) is 13.0 Å². The first-order valence-corrected chi connectivity index (χ1v) is 6.34. The van der Waals surface area contributed by atoms with E-state index in [2.05, 4.69) is 39.5 Å². The third-order valence-electron chi connectivity index (χ3n) is 3.64. The number of nitrogens with one attached hydrogen (secondary N) is 2. The van der Waals surface area contributed by atoms with E-state index in [1.165, 1.54) is 35.1 Å².